The number of hydrogen-bond acceptors (Lipinski definition) is 4. The molecule has 0 saturated heterocycles. The number of amides is 1. The van der Waals surface area contributed by atoms with Gasteiger partial charge in [-0.1, -0.05) is 26.0 Å². The van der Waals surface area contributed by atoms with Crippen LogP contribution in [0.2, 0.25) is 0 Å². The molecule has 0 atom stereocenters. The van der Waals surface area contributed by atoms with Gasteiger partial charge in [0, 0.05) is 17.0 Å². The van der Waals surface area contributed by atoms with Gasteiger partial charge in [-0.2, -0.15) is 0 Å². The Hall–Kier alpha value is -2.18. The van der Waals surface area contributed by atoms with Gasteiger partial charge in [-0.15, -0.1) is 11.3 Å². The second kappa shape index (κ2) is 7.21. The number of carboxylic acid groups (broad SMARTS) is 1. The van der Waals surface area contributed by atoms with Crippen molar-refractivity contribution in [2.75, 3.05) is 12.4 Å². The maximum Gasteiger partial charge on any atom is 0.339 e. The molecule has 26 heavy (non-hydrogen) atoms. The van der Waals surface area contributed by atoms with Crippen molar-refractivity contribution in [3.05, 3.63) is 51.4 Å². The molecule has 0 saturated carbocycles. The van der Waals surface area contributed by atoms with Crippen LogP contribution in [0.4, 0.5) is 5.00 Å². The summed E-state index contributed by atoms with van der Waals surface area (Å²) >= 11 is 1.40. The van der Waals surface area contributed by atoms with Crippen LogP contribution >= 0.6 is 11.3 Å². The highest BCUT2D eigenvalue weighted by Gasteiger charge is 2.33. The second-order valence-corrected chi connectivity index (χ2v) is 8.64. The number of nitrogens with one attached hydrogen (secondary N) is 2. The van der Waals surface area contributed by atoms with Gasteiger partial charge in [0.05, 0.1) is 5.56 Å². The zero-order valence-corrected chi connectivity index (χ0v) is 16.1. The Morgan fingerprint density at radius 2 is 1.92 bits per heavy atom. The van der Waals surface area contributed by atoms with Gasteiger partial charge in [0.1, 0.15) is 5.00 Å². The van der Waals surface area contributed by atoms with Crippen LogP contribution in [-0.2, 0) is 19.4 Å². The minimum absolute atomic E-state index is 0.0860. The van der Waals surface area contributed by atoms with Crippen LogP contribution in [0.15, 0.2) is 24.3 Å². The number of carbonyl (C=O) groups excluding carboxylic acids is 1. The summed E-state index contributed by atoms with van der Waals surface area (Å²) in [5.74, 6) is -1.25. The Bertz CT molecular complexity index is 837. The molecule has 6 heteroatoms. The molecule has 0 unspecified atom stereocenters. The van der Waals surface area contributed by atoms with Crippen molar-refractivity contribution >= 4 is 28.2 Å². The van der Waals surface area contributed by atoms with Gasteiger partial charge < -0.3 is 15.7 Å². The van der Waals surface area contributed by atoms with Crippen molar-refractivity contribution in [2.24, 2.45) is 5.41 Å². The molecule has 1 aliphatic rings. The summed E-state index contributed by atoms with van der Waals surface area (Å²) in [4.78, 5) is 25.5. The first-order chi connectivity index (χ1) is 12.3. The zero-order valence-electron chi connectivity index (χ0n) is 15.3. The SMILES string of the molecule is CNCc1ccc(C(=O)Nc2sc3c(c2C(=O)O)CC(C)(C)CC3)cc1. The van der Waals surface area contributed by atoms with Crippen molar-refractivity contribution < 1.29 is 14.7 Å². The lowest BCUT2D eigenvalue weighted by molar-refractivity contribution is 0.0696. The quantitative estimate of drug-likeness (QED) is 0.743. The maximum absolute atomic E-state index is 12.6. The van der Waals surface area contributed by atoms with E-state index in [0.29, 0.717) is 10.6 Å². The molecule has 0 spiro atoms. The summed E-state index contributed by atoms with van der Waals surface area (Å²) in [5.41, 5.74) is 2.84. The monoisotopic (exact) mass is 372 g/mol. The molecule has 0 fully saturated rings. The summed E-state index contributed by atoms with van der Waals surface area (Å²) in [6, 6.07) is 7.31. The summed E-state index contributed by atoms with van der Waals surface area (Å²) in [7, 11) is 1.87. The number of hydrogen-bond donors (Lipinski definition) is 3. The number of anilines is 1. The third-order valence-corrected chi connectivity index (χ3v) is 6.02. The smallest absolute Gasteiger partial charge is 0.339 e. The number of fused-ring (bicyclic) bond motifs is 1. The molecule has 1 aliphatic carbocycles. The van der Waals surface area contributed by atoms with Crippen LogP contribution in [0, 0.1) is 5.41 Å². The van der Waals surface area contributed by atoms with E-state index in [2.05, 4.69) is 24.5 Å². The van der Waals surface area contributed by atoms with Crippen molar-refractivity contribution in [3.63, 3.8) is 0 Å². The van der Waals surface area contributed by atoms with Crippen molar-refractivity contribution in [3.8, 4) is 0 Å². The summed E-state index contributed by atoms with van der Waals surface area (Å²) in [5, 5.41) is 16.0. The molecule has 3 rings (SSSR count). The van der Waals surface area contributed by atoms with Gasteiger partial charge in [0.15, 0.2) is 0 Å². The van der Waals surface area contributed by atoms with Gasteiger partial charge in [-0.05, 0) is 55.0 Å². The van der Waals surface area contributed by atoms with Crippen molar-refractivity contribution in [1.82, 2.24) is 5.32 Å². The molecule has 0 aliphatic heterocycles. The number of aryl methyl sites for hydroxylation is 1. The van der Waals surface area contributed by atoms with E-state index in [-0.39, 0.29) is 16.9 Å². The minimum Gasteiger partial charge on any atom is -0.478 e. The molecule has 0 radical (unpaired) electrons. The predicted octanol–water partition coefficient (Wildman–Crippen LogP) is 3.93. The molecule has 1 amide bonds. The van der Waals surface area contributed by atoms with Crippen molar-refractivity contribution in [2.45, 2.75) is 39.7 Å². The van der Waals surface area contributed by atoms with Crippen LogP contribution < -0.4 is 10.6 Å². The van der Waals surface area contributed by atoms with Crippen LogP contribution in [0.1, 0.15) is 57.0 Å². The normalized spacial score (nSPS) is 15.3. The lowest BCUT2D eigenvalue weighted by Crippen LogP contribution is -2.22. The van der Waals surface area contributed by atoms with E-state index in [9.17, 15) is 14.7 Å². The zero-order chi connectivity index (χ0) is 18.9. The standard InChI is InChI=1S/C20H24N2O3S/c1-20(2)9-8-15-14(10-20)16(19(24)25)18(26-15)22-17(23)13-6-4-12(5-7-13)11-21-3/h4-7,21H,8-11H2,1-3H3,(H,22,23)(H,24,25). The number of benzene rings is 1. The number of rotatable bonds is 5. The largest absolute Gasteiger partial charge is 0.478 e. The maximum atomic E-state index is 12.6. The van der Waals surface area contributed by atoms with Crippen LogP contribution in [0.3, 0.4) is 0 Å². The Balaban J connectivity index is 1.86. The fraction of sp³-hybridized carbons (Fsp3) is 0.400. The molecule has 3 N–H and O–H groups in total. The summed E-state index contributed by atoms with van der Waals surface area (Å²) in [6.07, 6.45) is 2.62. The second-order valence-electron chi connectivity index (χ2n) is 7.54. The fourth-order valence-electron chi connectivity index (χ4n) is 3.39. The summed E-state index contributed by atoms with van der Waals surface area (Å²) < 4.78 is 0. The van der Waals surface area contributed by atoms with E-state index in [1.54, 1.807) is 12.1 Å². The van der Waals surface area contributed by atoms with Crippen LogP contribution in [0.25, 0.3) is 0 Å². The Morgan fingerprint density at radius 3 is 2.54 bits per heavy atom. The predicted molar refractivity (Wildman–Crippen MR) is 104 cm³/mol. The van der Waals surface area contributed by atoms with E-state index >= 15 is 0 Å². The molecule has 1 aromatic carbocycles. The lowest BCUT2D eigenvalue weighted by Gasteiger charge is -2.29. The van der Waals surface area contributed by atoms with Gasteiger partial charge in [0.2, 0.25) is 0 Å². The Kier molecular flexibility index (Phi) is 5.16. The third-order valence-electron chi connectivity index (χ3n) is 4.81. The topological polar surface area (TPSA) is 78.4 Å². The summed E-state index contributed by atoms with van der Waals surface area (Å²) in [6.45, 7) is 5.05. The minimum atomic E-state index is -0.972. The van der Waals surface area contributed by atoms with Gasteiger partial charge in [0.25, 0.3) is 5.91 Å². The highest BCUT2D eigenvalue weighted by atomic mass is 32.1. The van der Waals surface area contributed by atoms with E-state index in [0.717, 1.165) is 41.8 Å². The van der Waals surface area contributed by atoms with Crippen LogP contribution in [-0.4, -0.2) is 24.0 Å². The number of thiophene rings is 1. The first-order valence-electron chi connectivity index (χ1n) is 8.73. The number of carbonyl (C=O) groups is 2. The number of carboxylic acids is 1. The molecule has 2 aromatic rings. The third kappa shape index (κ3) is 3.81. The number of aromatic carboxylic acids is 1. The first-order valence-corrected chi connectivity index (χ1v) is 9.55. The fourth-order valence-corrected chi connectivity index (χ4v) is 4.59. The Morgan fingerprint density at radius 1 is 1.23 bits per heavy atom. The molecule has 5 nitrogen and oxygen atoms in total. The molecule has 138 valence electrons. The van der Waals surface area contributed by atoms with Gasteiger partial charge in [-0.25, -0.2) is 4.79 Å². The van der Waals surface area contributed by atoms with E-state index in [1.165, 1.54) is 11.3 Å². The highest BCUT2D eigenvalue weighted by Crippen LogP contribution is 2.43. The molecule has 0 bridgehead atoms. The molecular formula is C20H24N2O3S. The van der Waals surface area contributed by atoms with Gasteiger partial charge in [-0.3, -0.25) is 4.79 Å². The molecule has 1 aromatic heterocycles. The van der Waals surface area contributed by atoms with E-state index in [4.69, 9.17) is 0 Å². The average Bonchev–Trinajstić information content (AvgIpc) is 2.91. The van der Waals surface area contributed by atoms with Crippen molar-refractivity contribution in [1.29, 1.82) is 0 Å². The first kappa shape index (κ1) is 18.6. The molecule has 1 heterocycles. The average molecular weight is 372 g/mol. The van der Waals surface area contributed by atoms with Gasteiger partial charge >= 0.3 is 5.97 Å². The van der Waals surface area contributed by atoms with Crippen LogP contribution in [0.5, 0.6) is 0 Å². The molecular weight excluding hydrogens is 348 g/mol. The van der Waals surface area contributed by atoms with E-state index < -0.39 is 5.97 Å². The Labute approximate surface area is 157 Å². The highest BCUT2D eigenvalue weighted by molar-refractivity contribution is 7.17. The lowest BCUT2D eigenvalue weighted by atomic mass is 9.76. The van der Waals surface area contributed by atoms with E-state index in [1.807, 2.05) is 19.2 Å².